The lowest BCUT2D eigenvalue weighted by atomic mass is 10.1. The van der Waals surface area contributed by atoms with Crippen molar-refractivity contribution in [3.05, 3.63) is 23.8 Å². The Morgan fingerprint density at radius 2 is 2.33 bits per heavy atom. The number of carbonyl (C=O) groups excluding carboxylic acids is 1. The first-order valence-electron chi connectivity index (χ1n) is 5.92. The van der Waals surface area contributed by atoms with Crippen molar-refractivity contribution in [3.63, 3.8) is 0 Å². The van der Waals surface area contributed by atoms with E-state index in [1.54, 1.807) is 12.1 Å². The van der Waals surface area contributed by atoms with E-state index in [2.05, 4.69) is 5.32 Å². The van der Waals surface area contributed by atoms with Crippen molar-refractivity contribution in [2.45, 2.75) is 32.7 Å². The molecule has 1 unspecified atom stereocenters. The van der Waals surface area contributed by atoms with E-state index in [4.69, 9.17) is 14.2 Å². The summed E-state index contributed by atoms with van der Waals surface area (Å²) in [7, 11) is 1.51. The van der Waals surface area contributed by atoms with E-state index >= 15 is 0 Å². The van der Waals surface area contributed by atoms with Gasteiger partial charge in [0.1, 0.15) is 0 Å². The van der Waals surface area contributed by atoms with Crippen LogP contribution in [0.1, 0.15) is 25.8 Å². The maximum Gasteiger partial charge on any atom is 0.412 e. The smallest absolute Gasteiger partial charge is 0.412 e. The molecule has 1 aliphatic heterocycles. The topological polar surface area (TPSA) is 56.8 Å². The van der Waals surface area contributed by atoms with Crippen molar-refractivity contribution in [1.82, 2.24) is 5.32 Å². The van der Waals surface area contributed by atoms with Crippen LogP contribution >= 0.6 is 0 Å². The van der Waals surface area contributed by atoms with Gasteiger partial charge in [-0.15, -0.1) is 0 Å². The minimum Gasteiger partial charge on any atom is -0.458 e. The fourth-order valence-corrected chi connectivity index (χ4v) is 1.67. The highest BCUT2D eigenvalue weighted by atomic mass is 16.7. The number of rotatable bonds is 2. The molecule has 0 spiro atoms. The second-order valence-electron chi connectivity index (χ2n) is 4.26. The van der Waals surface area contributed by atoms with Crippen LogP contribution in [0, 0.1) is 0 Å². The van der Waals surface area contributed by atoms with Crippen molar-refractivity contribution >= 4 is 6.09 Å². The van der Waals surface area contributed by atoms with Gasteiger partial charge < -0.3 is 19.5 Å². The minimum absolute atomic E-state index is 0.412. The Balaban J connectivity index is 2.31. The van der Waals surface area contributed by atoms with Crippen molar-refractivity contribution < 1.29 is 19.0 Å². The Morgan fingerprint density at radius 1 is 1.56 bits per heavy atom. The third-order valence-corrected chi connectivity index (χ3v) is 2.96. The molecule has 5 heteroatoms. The molecular weight excluding hydrogens is 234 g/mol. The summed E-state index contributed by atoms with van der Waals surface area (Å²) in [4.78, 5) is 11.3. The van der Waals surface area contributed by atoms with Gasteiger partial charge in [0.25, 0.3) is 0 Å². The molecule has 98 valence electrons. The summed E-state index contributed by atoms with van der Waals surface area (Å²) in [6.45, 7) is 4.30. The molecule has 0 fully saturated rings. The predicted octanol–water partition coefficient (Wildman–Crippen LogP) is 2.44. The van der Waals surface area contributed by atoms with Crippen LogP contribution < -0.4 is 14.8 Å². The minimum atomic E-state index is -0.671. The number of hydrogen-bond donors (Lipinski definition) is 1. The Hall–Kier alpha value is -1.75. The first-order valence-corrected chi connectivity index (χ1v) is 5.92. The SMILES string of the molecule is CCC1(C)OCc2cccc(OC(=O)NC)c2O1. The fraction of sp³-hybridized carbons (Fsp3) is 0.462. The fourth-order valence-electron chi connectivity index (χ4n) is 1.67. The Morgan fingerprint density at radius 3 is 3.00 bits per heavy atom. The lowest BCUT2D eigenvalue weighted by Crippen LogP contribution is -2.38. The molecular formula is C13H17NO4. The predicted molar refractivity (Wildman–Crippen MR) is 65.6 cm³/mol. The molecule has 0 radical (unpaired) electrons. The average molecular weight is 251 g/mol. The number of ether oxygens (including phenoxy) is 3. The molecule has 1 aliphatic rings. The summed E-state index contributed by atoms with van der Waals surface area (Å²) in [6.07, 6.45) is 0.192. The number of amides is 1. The van der Waals surface area contributed by atoms with Crippen LogP contribution in [0.2, 0.25) is 0 Å². The van der Waals surface area contributed by atoms with Gasteiger partial charge in [0.15, 0.2) is 11.5 Å². The van der Waals surface area contributed by atoms with Crippen LogP contribution in [0.25, 0.3) is 0 Å². The van der Waals surface area contributed by atoms with E-state index in [0.717, 1.165) is 5.56 Å². The second kappa shape index (κ2) is 4.86. The van der Waals surface area contributed by atoms with Crippen LogP contribution in [-0.4, -0.2) is 18.9 Å². The van der Waals surface area contributed by atoms with E-state index in [-0.39, 0.29) is 0 Å². The van der Waals surface area contributed by atoms with Gasteiger partial charge in [0.2, 0.25) is 5.79 Å². The van der Waals surface area contributed by atoms with Crippen LogP contribution in [0.15, 0.2) is 18.2 Å². The first-order chi connectivity index (χ1) is 8.58. The zero-order valence-electron chi connectivity index (χ0n) is 10.8. The highest BCUT2D eigenvalue weighted by Crippen LogP contribution is 2.39. The molecule has 1 aromatic carbocycles. The molecule has 1 heterocycles. The van der Waals surface area contributed by atoms with Crippen molar-refractivity contribution in [2.24, 2.45) is 0 Å². The summed E-state index contributed by atoms with van der Waals surface area (Å²) in [5.74, 6) is 0.321. The molecule has 1 N–H and O–H groups in total. The van der Waals surface area contributed by atoms with Crippen LogP contribution in [0.3, 0.4) is 0 Å². The zero-order chi connectivity index (χ0) is 13.2. The molecule has 2 rings (SSSR count). The number of benzene rings is 1. The zero-order valence-corrected chi connectivity index (χ0v) is 10.8. The summed E-state index contributed by atoms with van der Waals surface area (Å²) in [6, 6.07) is 5.40. The molecule has 1 amide bonds. The Bertz CT molecular complexity index is 460. The van der Waals surface area contributed by atoms with Gasteiger partial charge in [0.05, 0.1) is 6.61 Å². The van der Waals surface area contributed by atoms with Crippen LogP contribution in [0.4, 0.5) is 4.79 Å². The second-order valence-corrected chi connectivity index (χ2v) is 4.26. The number of fused-ring (bicyclic) bond motifs is 1. The van der Waals surface area contributed by atoms with E-state index in [0.29, 0.717) is 24.5 Å². The molecule has 0 saturated heterocycles. The maximum atomic E-state index is 11.3. The Labute approximate surface area is 106 Å². The van der Waals surface area contributed by atoms with Gasteiger partial charge in [-0.3, -0.25) is 0 Å². The molecule has 5 nitrogen and oxygen atoms in total. The third kappa shape index (κ3) is 2.41. The monoisotopic (exact) mass is 251 g/mol. The molecule has 1 aromatic rings. The summed E-state index contributed by atoms with van der Waals surface area (Å²) in [5.41, 5.74) is 0.877. The number of nitrogens with one attached hydrogen (secondary N) is 1. The standard InChI is InChI=1S/C13H17NO4/c1-4-13(2)16-8-9-6-5-7-10(11(9)18-13)17-12(15)14-3/h5-7H,4,8H2,1-3H3,(H,14,15). The quantitative estimate of drug-likeness (QED) is 0.877. The van der Waals surface area contributed by atoms with Crippen LogP contribution in [0.5, 0.6) is 11.5 Å². The molecule has 0 saturated carbocycles. The Kier molecular flexibility index (Phi) is 3.43. The van der Waals surface area contributed by atoms with Gasteiger partial charge in [-0.25, -0.2) is 4.79 Å². The maximum absolute atomic E-state index is 11.3. The highest BCUT2D eigenvalue weighted by molar-refractivity contribution is 5.71. The lowest BCUT2D eigenvalue weighted by Gasteiger charge is -2.35. The average Bonchev–Trinajstić information content (AvgIpc) is 2.39. The first kappa shape index (κ1) is 12.7. The third-order valence-electron chi connectivity index (χ3n) is 2.96. The normalized spacial score (nSPS) is 21.7. The summed E-state index contributed by atoms with van der Waals surface area (Å²) < 4.78 is 16.6. The molecule has 0 aliphatic carbocycles. The van der Waals surface area contributed by atoms with Crippen molar-refractivity contribution in [1.29, 1.82) is 0 Å². The van der Waals surface area contributed by atoms with Gasteiger partial charge in [-0.1, -0.05) is 19.1 Å². The molecule has 18 heavy (non-hydrogen) atoms. The van der Waals surface area contributed by atoms with Crippen molar-refractivity contribution in [2.75, 3.05) is 7.05 Å². The van der Waals surface area contributed by atoms with E-state index in [1.165, 1.54) is 7.05 Å². The van der Waals surface area contributed by atoms with E-state index < -0.39 is 11.9 Å². The summed E-state index contributed by atoms with van der Waals surface area (Å²) >= 11 is 0. The van der Waals surface area contributed by atoms with Gasteiger partial charge in [-0.05, 0) is 6.07 Å². The molecule has 0 aromatic heterocycles. The largest absolute Gasteiger partial charge is 0.458 e. The van der Waals surface area contributed by atoms with E-state index in [1.807, 2.05) is 19.9 Å². The lowest BCUT2D eigenvalue weighted by molar-refractivity contribution is -0.195. The number of carbonyl (C=O) groups is 1. The molecule has 0 bridgehead atoms. The van der Waals surface area contributed by atoms with Crippen molar-refractivity contribution in [3.8, 4) is 11.5 Å². The van der Waals surface area contributed by atoms with Crippen LogP contribution in [-0.2, 0) is 11.3 Å². The highest BCUT2D eigenvalue weighted by Gasteiger charge is 2.32. The molecule has 1 atom stereocenters. The number of para-hydroxylation sites is 1. The number of hydrogen-bond acceptors (Lipinski definition) is 4. The van der Waals surface area contributed by atoms with E-state index in [9.17, 15) is 4.79 Å². The van der Waals surface area contributed by atoms with Gasteiger partial charge in [0, 0.05) is 26.0 Å². The summed E-state index contributed by atoms with van der Waals surface area (Å²) in [5, 5.41) is 2.41. The van der Waals surface area contributed by atoms with Gasteiger partial charge >= 0.3 is 6.09 Å². The van der Waals surface area contributed by atoms with Gasteiger partial charge in [-0.2, -0.15) is 0 Å².